The lowest BCUT2D eigenvalue weighted by Crippen LogP contribution is -2.44. The minimum Gasteiger partial charge on any atom is -0.483 e. The van der Waals surface area contributed by atoms with Crippen LogP contribution in [0.1, 0.15) is 16.8 Å². The van der Waals surface area contributed by atoms with Crippen LogP contribution in [0, 0.1) is 0 Å². The van der Waals surface area contributed by atoms with Crippen molar-refractivity contribution in [2.75, 3.05) is 13.2 Å². The third-order valence-electron chi connectivity index (χ3n) is 3.79. The second-order valence-electron chi connectivity index (χ2n) is 5.97. The Balaban J connectivity index is 1.92. The van der Waals surface area contributed by atoms with Crippen molar-refractivity contribution in [3.8, 4) is 5.75 Å². The van der Waals surface area contributed by atoms with E-state index < -0.39 is 49.4 Å². The highest BCUT2D eigenvalue weighted by atomic mass is 16.5. The van der Waals surface area contributed by atoms with Gasteiger partial charge in [0.25, 0.3) is 5.91 Å². The molecule has 1 atom stereocenters. The first-order valence-corrected chi connectivity index (χ1v) is 8.42. The van der Waals surface area contributed by atoms with Crippen LogP contribution in [-0.4, -0.2) is 59.4 Å². The van der Waals surface area contributed by atoms with Crippen molar-refractivity contribution >= 4 is 40.8 Å². The molecule has 0 aliphatic heterocycles. The largest absolute Gasteiger partial charge is 0.483 e. The van der Waals surface area contributed by atoms with Crippen LogP contribution in [0.25, 0.3) is 10.8 Å². The van der Waals surface area contributed by atoms with Gasteiger partial charge in [-0.15, -0.1) is 0 Å². The molecule has 10 nitrogen and oxygen atoms in total. The number of ether oxygens (including phenoxy) is 1. The summed E-state index contributed by atoms with van der Waals surface area (Å²) in [7, 11) is 0. The molecule has 0 bridgehead atoms. The highest BCUT2D eigenvalue weighted by Crippen LogP contribution is 2.26. The van der Waals surface area contributed by atoms with Crippen molar-refractivity contribution in [3.63, 3.8) is 0 Å². The number of carbonyl (C=O) groups excluding carboxylic acids is 3. The zero-order valence-electron chi connectivity index (χ0n) is 15.1. The molecule has 0 aliphatic rings. The van der Waals surface area contributed by atoms with Gasteiger partial charge in [0.1, 0.15) is 17.6 Å². The van der Waals surface area contributed by atoms with Gasteiger partial charge in [0.2, 0.25) is 5.91 Å². The SMILES string of the molecule is O=C[C@H](CC(=O)O)NC(=O)CNC(=O)COc1cc2ccccc2cc1C(=O)O. The van der Waals surface area contributed by atoms with E-state index in [4.69, 9.17) is 9.84 Å². The molecule has 0 heterocycles. The Morgan fingerprint density at radius 1 is 1.03 bits per heavy atom. The maximum absolute atomic E-state index is 11.9. The maximum Gasteiger partial charge on any atom is 0.339 e. The average Bonchev–Trinajstić information content (AvgIpc) is 2.68. The fraction of sp³-hybridized carbons (Fsp3) is 0.211. The third-order valence-corrected chi connectivity index (χ3v) is 3.79. The number of amides is 2. The molecule has 0 saturated heterocycles. The Labute approximate surface area is 164 Å². The van der Waals surface area contributed by atoms with Gasteiger partial charge >= 0.3 is 11.9 Å². The normalized spacial score (nSPS) is 11.3. The molecule has 10 heteroatoms. The van der Waals surface area contributed by atoms with Crippen LogP contribution in [0.2, 0.25) is 0 Å². The van der Waals surface area contributed by atoms with Crippen molar-refractivity contribution in [1.29, 1.82) is 0 Å². The molecule has 152 valence electrons. The number of aromatic carboxylic acids is 1. The number of aldehydes is 1. The zero-order valence-corrected chi connectivity index (χ0v) is 15.1. The third kappa shape index (κ3) is 6.31. The molecule has 0 fully saturated rings. The van der Waals surface area contributed by atoms with Crippen LogP contribution in [0.4, 0.5) is 0 Å². The molecular formula is C19H18N2O8. The summed E-state index contributed by atoms with van der Waals surface area (Å²) in [6, 6.07) is 8.77. The summed E-state index contributed by atoms with van der Waals surface area (Å²) in [6.07, 6.45) is -0.295. The summed E-state index contributed by atoms with van der Waals surface area (Å²) >= 11 is 0. The van der Waals surface area contributed by atoms with E-state index in [-0.39, 0.29) is 17.6 Å². The number of hydrogen-bond donors (Lipinski definition) is 4. The number of carbonyl (C=O) groups is 5. The van der Waals surface area contributed by atoms with Gasteiger partial charge in [0.05, 0.1) is 19.0 Å². The van der Waals surface area contributed by atoms with Gasteiger partial charge in [-0.2, -0.15) is 0 Å². The van der Waals surface area contributed by atoms with Crippen molar-refractivity contribution in [3.05, 3.63) is 42.0 Å². The van der Waals surface area contributed by atoms with Gasteiger partial charge in [-0.05, 0) is 22.9 Å². The zero-order chi connectivity index (χ0) is 21.4. The lowest BCUT2D eigenvalue weighted by molar-refractivity contribution is -0.139. The minimum atomic E-state index is -1.26. The van der Waals surface area contributed by atoms with Crippen LogP contribution >= 0.6 is 0 Å². The van der Waals surface area contributed by atoms with E-state index in [0.717, 1.165) is 5.39 Å². The molecule has 0 radical (unpaired) electrons. The summed E-state index contributed by atoms with van der Waals surface area (Å²) in [5.41, 5.74) is -0.114. The molecule has 2 aromatic rings. The molecule has 0 saturated carbocycles. The quantitative estimate of drug-likeness (QED) is 0.410. The van der Waals surface area contributed by atoms with Crippen molar-refractivity contribution in [2.24, 2.45) is 0 Å². The van der Waals surface area contributed by atoms with Crippen LogP contribution in [-0.2, 0) is 19.2 Å². The number of carboxylic acids is 2. The van der Waals surface area contributed by atoms with Crippen molar-refractivity contribution < 1.29 is 38.9 Å². The Morgan fingerprint density at radius 3 is 2.28 bits per heavy atom. The molecule has 0 aromatic heterocycles. The molecule has 2 rings (SSSR count). The van der Waals surface area contributed by atoms with Crippen molar-refractivity contribution in [1.82, 2.24) is 10.6 Å². The van der Waals surface area contributed by atoms with E-state index in [2.05, 4.69) is 10.6 Å². The van der Waals surface area contributed by atoms with E-state index in [1.54, 1.807) is 24.3 Å². The summed E-state index contributed by atoms with van der Waals surface area (Å²) < 4.78 is 5.30. The second kappa shape index (κ2) is 9.83. The highest BCUT2D eigenvalue weighted by Gasteiger charge is 2.17. The van der Waals surface area contributed by atoms with Crippen LogP contribution < -0.4 is 15.4 Å². The van der Waals surface area contributed by atoms with E-state index in [1.807, 2.05) is 0 Å². The smallest absolute Gasteiger partial charge is 0.339 e. The molecule has 29 heavy (non-hydrogen) atoms. The van der Waals surface area contributed by atoms with Crippen LogP contribution in [0.3, 0.4) is 0 Å². The Hall–Kier alpha value is -3.95. The fourth-order valence-corrected chi connectivity index (χ4v) is 2.46. The van der Waals surface area contributed by atoms with Gasteiger partial charge in [-0.1, -0.05) is 24.3 Å². The minimum absolute atomic E-state index is 0.00159. The Kier molecular flexibility index (Phi) is 7.24. The summed E-state index contributed by atoms with van der Waals surface area (Å²) in [6.45, 7) is -1.05. The number of hydrogen-bond acceptors (Lipinski definition) is 6. The van der Waals surface area contributed by atoms with Crippen molar-refractivity contribution in [2.45, 2.75) is 12.5 Å². The highest BCUT2D eigenvalue weighted by molar-refractivity contribution is 5.98. The first-order chi connectivity index (χ1) is 13.8. The standard InChI is InChI=1S/C19H18N2O8/c22-9-13(7-18(25)26)21-16(23)8-20-17(24)10-29-15-6-12-4-2-1-3-11(12)5-14(15)19(27)28/h1-6,9,13H,7-8,10H2,(H,20,24)(H,21,23)(H,25,26)(H,27,28)/t13-/m0/s1. The van der Waals surface area contributed by atoms with Gasteiger partial charge in [0.15, 0.2) is 6.61 Å². The van der Waals surface area contributed by atoms with Gasteiger partial charge in [0, 0.05) is 0 Å². The van der Waals surface area contributed by atoms with Crippen LogP contribution in [0.5, 0.6) is 5.75 Å². The van der Waals surface area contributed by atoms with E-state index in [9.17, 15) is 29.1 Å². The number of fused-ring (bicyclic) bond motifs is 1. The molecule has 0 unspecified atom stereocenters. The number of carboxylic acid groups (broad SMARTS) is 2. The number of rotatable bonds is 10. The lowest BCUT2D eigenvalue weighted by atomic mass is 10.1. The van der Waals surface area contributed by atoms with Gasteiger partial charge < -0.3 is 30.4 Å². The topological polar surface area (TPSA) is 159 Å². The second-order valence-corrected chi connectivity index (χ2v) is 5.97. The maximum atomic E-state index is 11.9. The number of aliphatic carboxylic acids is 1. The first kappa shape index (κ1) is 21.4. The van der Waals surface area contributed by atoms with E-state index in [1.165, 1.54) is 12.1 Å². The first-order valence-electron chi connectivity index (χ1n) is 8.42. The Bertz CT molecular complexity index is 956. The number of benzene rings is 2. The number of nitrogens with one attached hydrogen (secondary N) is 2. The van der Waals surface area contributed by atoms with Gasteiger partial charge in [-0.25, -0.2) is 4.79 Å². The summed E-state index contributed by atoms with van der Waals surface area (Å²) in [5.74, 6) is -3.94. The predicted molar refractivity (Wildman–Crippen MR) is 99.7 cm³/mol. The summed E-state index contributed by atoms with van der Waals surface area (Å²) in [5, 5.41) is 23.8. The monoisotopic (exact) mass is 402 g/mol. The average molecular weight is 402 g/mol. The molecular weight excluding hydrogens is 384 g/mol. The molecule has 0 aliphatic carbocycles. The summed E-state index contributed by atoms with van der Waals surface area (Å²) in [4.78, 5) is 56.2. The van der Waals surface area contributed by atoms with E-state index in [0.29, 0.717) is 5.39 Å². The Morgan fingerprint density at radius 2 is 1.69 bits per heavy atom. The molecule has 2 aromatic carbocycles. The molecule has 2 amide bonds. The van der Waals surface area contributed by atoms with Gasteiger partial charge in [-0.3, -0.25) is 14.4 Å². The lowest BCUT2D eigenvalue weighted by Gasteiger charge is -2.12. The van der Waals surface area contributed by atoms with E-state index >= 15 is 0 Å². The van der Waals surface area contributed by atoms with Crippen LogP contribution in [0.15, 0.2) is 36.4 Å². The predicted octanol–water partition coefficient (Wildman–Crippen LogP) is 0.191. The molecule has 4 N–H and O–H groups in total. The fourth-order valence-electron chi connectivity index (χ4n) is 2.46. The molecule has 0 spiro atoms.